The number of rotatable bonds is 5. The lowest BCUT2D eigenvalue weighted by Crippen LogP contribution is -2.39. The van der Waals surface area contributed by atoms with Gasteiger partial charge in [0.05, 0.1) is 6.10 Å². The van der Waals surface area contributed by atoms with Crippen molar-refractivity contribution in [3.8, 4) is 0 Å². The highest BCUT2D eigenvalue weighted by Crippen LogP contribution is 2.28. The highest BCUT2D eigenvalue weighted by Gasteiger charge is 2.23. The number of nitrogens with one attached hydrogen (secondary N) is 1. The third-order valence-corrected chi connectivity index (χ3v) is 4.86. The lowest BCUT2D eigenvalue weighted by Gasteiger charge is -2.27. The second kappa shape index (κ2) is 8.11. The van der Waals surface area contributed by atoms with Gasteiger partial charge in [-0.15, -0.1) is 0 Å². The largest absolute Gasteiger partial charge is 0.393 e. The summed E-state index contributed by atoms with van der Waals surface area (Å²) in [5.74, 6) is 0.163. The summed E-state index contributed by atoms with van der Waals surface area (Å²) in [5, 5.41) is 12.8. The summed E-state index contributed by atoms with van der Waals surface area (Å²) in [6.07, 6.45) is 3.56. The molecule has 0 unspecified atom stereocenters. The van der Waals surface area contributed by atoms with E-state index in [0.29, 0.717) is 6.42 Å². The van der Waals surface area contributed by atoms with Crippen LogP contribution in [0, 0.1) is 0 Å². The number of hydrogen-bond acceptors (Lipinski definition) is 2. The fourth-order valence-corrected chi connectivity index (χ4v) is 3.49. The predicted octanol–water partition coefficient (Wildman–Crippen LogP) is 3.63. The SMILES string of the molecule is O=C(CC(c1ccccc1)c1ccccc1)NC1CCC(O)CC1. The molecule has 3 rings (SSSR count). The summed E-state index contributed by atoms with van der Waals surface area (Å²) >= 11 is 0. The third kappa shape index (κ3) is 4.45. The van der Waals surface area contributed by atoms with Gasteiger partial charge in [-0.1, -0.05) is 60.7 Å². The van der Waals surface area contributed by atoms with Crippen LogP contribution in [0.1, 0.15) is 49.1 Å². The maximum atomic E-state index is 12.6. The van der Waals surface area contributed by atoms with E-state index < -0.39 is 0 Å². The number of carbonyl (C=O) groups is 1. The molecule has 0 radical (unpaired) electrons. The van der Waals surface area contributed by atoms with Crippen molar-refractivity contribution in [3.63, 3.8) is 0 Å². The van der Waals surface area contributed by atoms with Crippen LogP contribution in [0.15, 0.2) is 60.7 Å². The van der Waals surface area contributed by atoms with E-state index in [1.807, 2.05) is 36.4 Å². The molecule has 0 aliphatic heterocycles. The van der Waals surface area contributed by atoms with Crippen molar-refractivity contribution >= 4 is 5.91 Å². The Balaban J connectivity index is 1.69. The Bertz CT molecular complexity index is 594. The minimum absolute atomic E-state index is 0.0709. The second-order valence-electron chi connectivity index (χ2n) is 6.65. The highest BCUT2D eigenvalue weighted by atomic mass is 16.3. The summed E-state index contributed by atoms with van der Waals surface area (Å²) in [5.41, 5.74) is 2.33. The van der Waals surface area contributed by atoms with Crippen molar-refractivity contribution in [2.45, 2.75) is 50.2 Å². The minimum Gasteiger partial charge on any atom is -0.393 e. The van der Waals surface area contributed by atoms with Gasteiger partial charge in [0.15, 0.2) is 0 Å². The van der Waals surface area contributed by atoms with Crippen LogP contribution >= 0.6 is 0 Å². The van der Waals surface area contributed by atoms with Crippen LogP contribution < -0.4 is 5.32 Å². The zero-order valence-corrected chi connectivity index (χ0v) is 13.9. The summed E-state index contributed by atoms with van der Waals surface area (Å²) in [6.45, 7) is 0. The Morgan fingerprint density at radius 3 is 1.92 bits per heavy atom. The molecule has 1 aliphatic rings. The van der Waals surface area contributed by atoms with E-state index in [9.17, 15) is 9.90 Å². The molecular weight excluding hydrogens is 298 g/mol. The molecule has 3 nitrogen and oxygen atoms in total. The van der Waals surface area contributed by atoms with E-state index in [-0.39, 0.29) is 24.0 Å². The lowest BCUT2D eigenvalue weighted by atomic mass is 9.87. The molecule has 2 aromatic rings. The van der Waals surface area contributed by atoms with Crippen molar-refractivity contribution in [3.05, 3.63) is 71.8 Å². The van der Waals surface area contributed by atoms with Gasteiger partial charge < -0.3 is 10.4 Å². The van der Waals surface area contributed by atoms with E-state index in [1.54, 1.807) is 0 Å². The van der Waals surface area contributed by atoms with Gasteiger partial charge in [-0.25, -0.2) is 0 Å². The molecule has 2 aromatic carbocycles. The monoisotopic (exact) mass is 323 g/mol. The van der Waals surface area contributed by atoms with Crippen LogP contribution in [0.5, 0.6) is 0 Å². The van der Waals surface area contributed by atoms with E-state index in [4.69, 9.17) is 0 Å². The molecule has 0 atom stereocenters. The quantitative estimate of drug-likeness (QED) is 0.883. The smallest absolute Gasteiger partial charge is 0.221 e. The molecule has 24 heavy (non-hydrogen) atoms. The Morgan fingerprint density at radius 2 is 1.42 bits per heavy atom. The number of carbonyl (C=O) groups excluding carboxylic acids is 1. The summed E-state index contributed by atoms with van der Waals surface area (Å²) in [4.78, 5) is 12.6. The van der Waals surface area contributed by atoms with E-state index >= 15 is 0 Å². The van der Waals surface area contributed by atoms with Crippen molar-refractivity contribution in [1.82, 2.24) is 5.32 Å². The molecule has 0 saturated heterocycles. The van der Waals surface area contributed by atoms with Gasteiger partial charge in [0.2, 0.25) is 5.91 Å². The molecule has 1 saturated carbocycles. The number of aliphatic hydroxyl groups is 1. The van der Waals surface area contributed by atoms with Gasteiger partial charge in [-0.05, 0) is 36.8 Å². The second-order valence-corrected chi connectivity index (χ2v) is 6.65. The molecule has 1 fully saturated rings. The first-order chi connectivity index (χ1) is 11.7. The summed E-state index contributed by atoms with van der Waals surface area (Å²) in [7, 11) is 0. The summed E-state index contributed by atoms with van der Waals surface area (Å²) in [6, 6.07) is 20.6. The molecule has 0 aromatic heterocycles. The molecule has 126 valence electrons. The molecule has 1 aliphatic carbocycles. The zero-order chi connectivity index (χ0) is 16.8. The number of benzene rings is 2. The van der Waals surface area contributed by atoms with Crippen molar-refractivity contribution in [1.29, 1.82) is 0 Å². The van der Waals surface area contributed by atoms with Gasteiger partial charge in [-0.2, -0.15) is 0 Å². The van der Waals surface area contributed by atoms with Crippen LogP contribution in [0.4, 0.5) is 0 Å². The molecule has 2 N–H and O–H groups in total. The maximum absolute atomic E-state index is 12.6. The van der Waals surface area contributed by atoms with Crippen LogP contribution in [0.2, 0.25) is 0 Å². The van der Waals surface area contributed by atoms with Crippen LogP contribution in [-0.4, -0.2) is 23.2 Å². The zero-order valence-electron chi connectivity index (χ0n) is 13.9. The van der Waals surface area contributed by atoms with Gasteiger partial charge in [0.25, 0.3) is 0 Å². The molecule has 0 bridgehead atoms. The molecule has 0 heterocycles. The average molecular weight is 323 g/mol. The fourth-order valence-electron chi connectivity index (χ4n) is 3.49. The molecular formula is C21H25NO2. The predicted molar refractivity (Wildman–Crippen MR) is 95.7 cm³/mol. The van der Waals surface area contributed by atoms with Crippen LogP contribution in [0.25, 0.3) is 0 Å². The van der Waals surface area contributed by atoms with Gasteiger partial charge >= 0.3 is 0 Å². The minimum atomic E-state index is -0.195. The van der Waals surface area contributed by atoms with E-state index in [2.05, 4.69) is 29.6 Å². The molecule has 0 spiro atoms. The first kappa shape index (κ1) is 16.7. The summed E-state index contributed by atoms with van der Waals surface area (Å²) < 4.78 is 0. The van der Waals surface area contributed by atoms with Crippen molar-refractivity contribution in [2.75, 3.05) is 0 Å². The third-order valence-electron chi connectivity index (χ3n) is 4.86. The number of hydrogen-bond donors (Lipinski definition) is 2. The Morgan fingerprint density at radius 1 is 0.917 bits per heavy atom. The Kier molecular flexibility index (Phi) is 5.65. The normalized spacial score (nSPS) is 20.8. The topological polar surface area (TPSA) is 49.3 Å². The maximum Gasteiger partial charge on any atom is 0.221 e. The number of aliphatic hydroxyl groups excluding tert-OH is 1. The average Bonchev–Trinajstić information content (AvgIpc) is 2.63. The number of amides is 1. The van der Waals surface area contributed by atoms with Crippen molar-refractivity contribution in [2.24, 2.45) is 0 Å². The van der Waals surface area contributed by atoms with E-state index in [1.165, 1.54) is 0 Å². The van der Waals surface area contributed by atoms with Crippen LogP contribution in [-0.2, 0) is 4.79 Å². The lowest BCUT2D eigenvalue weighted by molar-refractivity contribution is -0.122. The highest BCUT2D eigenvalue weighted by molar-refractivity contribution is 5.78. The molecule has 3 heteroatoms. The first-order valence-corrected chi connectivity index (χ1v) is 8.79. The van der Waals surface area contributed by atoms with E-state index in [0.717, 1.165) is 36.8 Å². The Hall–Kier alpha value is -2.13. The van der Waals surface area contributed by atoms with Gasteiger partial charge in [0.1, 0.15) is 0 Å². The van der Waals surface area contributed by atoms with Crippen LogP contribution in [0.3, 0.4) is 0 Å². The van der Waals surface area contributed by atoms with Gasteiger partial charge in [-0.3, -0.25) is 4.79 Å². The molecule has 1 amide bonds. The first-order valence-electron chi connectivity index (χ1n) is 8.79. The van der Waals surface area contributed by atoms with Gasteiger partial charge in [0, 0.05) is 18.4 Å². The fraction of sp³-hybridized carbons (Fsp3) is 0.381. The van der Waals surface area contributed by atoms with Crippen molar-refractivity contribution < 1.29 is 9.90 Å². The standard InChI is InChI=1S/C21H25NO2/c23-19-13-11-18(12-14-19)22-21(24)15-20(16-7-3-1-4-8-16)17-9-5-2-6-10-17/h1-10,18-20,23H,11-15H2,(H,22,24). The Labute approximate surface area is 143 Å².